The van der Waals surface area contributed by atoms with Gasteiger partial charge in [-0.15, -0.1) is 0 Å². The first kappa shape index (κ1) is 27.2. The van der Waals surface area contributed by atoms with E-state index in [2.05, 4.69) is 23.8 Å². The van der Waals surface area contributed by atoms with Gasteiger partial charge in [-0.25, -0.2) is 4.79 Å². The number of rotatable bonds is 21. The van der Waals surface area contributed by atoms with Gasteiger partial charge in [0, 0.05) is 0 Å². The van der Waals surface area contributed by atoms with E-state index in [9.17, 15) is 9.90 Å². The van der Waals surface area contributed by atoms with Gasteiger partial charge in [-0.1, -0.05) is 109 Å². The molecule has 166 valence electrons. The maximum atomic E-state index is 11.1. The Morgan fingerprint density at radius 2 is 1.11 bits per heavy atom. The first-order chi connectivity index (χ1) is 13.7. The van der Waals surface area contributed by atoms with Crippen LogP contribution >= 0.6 is 0 Å². The van der Waals surface area contributed by atoms with Crippen LogP contribution in [0.2, 0.25) is 0 Å². The minimum Gasteiger partial charge on any atom is -0.467 e. The fourth-order valence-corrected chi connectivity index (χ4v) is 3.55. The Morgan fingerprint density at radius 3 is 1.54 bits per heavy atom. The van der Waals surface area contributed by atoms with Crippen molar-refractivity contribution in [1.29, 1.82) is 0 Å². The Bertz CT molecular complexity index is 352. The van der Waals surface area contributed by atoms with E-state index in [4.69, 9.17) is 0 Å². The predicted molar refractivity (Wildman–Crippen MR) is 121 cm³/mol. The second-order valence-electron chi connectivity index (χ2n) is 8.18. The molecule has 0 aliphatic rings. The lowest BCUT2D eigenvalue weighted by molar-refractivity contribution is -0.150. The minimum atomic E-state index is -0.948. The van der Waals surface area contributed by atoms with Crippen molar-refractivity contribution < 1.29 is 14.6 Å². The van der Waals surface area contributed by atoms with Gasteiger partial charge in [0.2, 0.25) is 0 Å². The van der Waals surface area contributed by atoms with Crippen molar-refractivity contribution in [2.45, 2.75) is 135 Å². The molecular formula is C25H48O3. The lowest BCUT2D eigenvalue weighted by Gasteiger charge is -2.06. The summed E-state index contributed by atoms with van der Waals surface area (Å²) in [5.74, 6) is -0.516. The van der Waals surface area contributed by atoms with Gasteiger partial charge < -0.3 is 9.84 Å². The van der Waals surface area contributed by atoms with Crippen molar-refractivity contribution >= 4 is 5.97 Å². The van der Waals surface area contributed by atoms with Crippen LogP contribution in [0.15, 0.2) is 12.2 Å². The molecule has 1 atom stereocenters. The number of unbranched alkanes of at least 4 members (excludes halogenated alkanes) is 16. The molecule has 0 radical (unpaired) electrons. The van der Waals surface area contributed by atoms with E-state index >= 15 is 0 Å². The fourth-order valence-electron chi connectivity index (χ4n) is 3.55. The quantitative estimate of drug-likeness (QED) is 0.124. The van der Waals surface area contributed by atoms with E-state index in [1.165, 1.54) is 97.0 Å². The number of ether oxygens (including phenoxy) is 1. The maximum absolute atomic E-state index is 11.1. The van der Waals surface area contributed by atoms with Gasteiger partial charge in [-0.2, -0.15) is 0 Å². The van der Waals surface area contributed by atoms with Crippen LogP contribution in [0.3, 0.4) is 0 Å². The van der Waals surface area contributed by atoms with Gasteiger partial charge >= 0.3 is 5.97 Å². The summed E-state index contributed by atoms with van der Waals surface area (Å²) in [7, 11) is 1.31. The predicted octanol–water partition coefficient (Wildman–Crippen LogP) is 7.51. The fraction of sp³-hybridized carbons (Fsp3) is 0.880. The zero-order valence-corrected chi connectivity index (χ0v) is 18.9. The molecule has 0 saturated carbocycles. The van der Waals surface area contributed by atoms with Gasteiger partial charge in [0.05, 0.1) is 7.11 Å². The van der Waals surface area contributed by atoms with Crippen LogP contribution in [-0.2, 0) is 9.53 Å². The summed E-state index contributed by atoms with van der Waals surface area (Å²) in [6.07, 6.45) is 27.9. The summed E-state index contributed by atoms with van der Waals surface area (Å²) in [6, 6.07) is 0. The van der Waals surface area contributed by atoms with E-state index in [1.54, 1.807) is 0 Å². The van der Waals surface area contributed by atoms with E-state index in [1.807, 2.05) is 0 Å². The molecule has 3 heteroatoms. The van der Waals surface area contributed by atoms with Crippen LogP contribution in [0, 0.1) is 0 Å². The third kappa shape index (κ3) is 19.9. The smallest absolute Gasteiger partial charge is 0.334 e. The van der Waals surface area contributed by atoms with Gasteiger partial charge in [-0.3, -0.25) is 0 Å². The number of hydrogen-bond acceptors (Lipinski definition) is 3. The first-order valence-electron chi connectivity index (χ1n) is 12.1. The Balaban J connectivity index is 3.17. The van der Waals surface area contributed by atoms with Gasteiger partial charge in [-0.05, 0) is 32.1 Å². The molecule has 0 aliphatic carbocycles. The molecular weight excluding hydrogens is 348 g/mol. The number of hydrogen-bond donors (Lipinski definition) is 1. The molecule has 0 aromatic carbocycles. The van der Waals surface area contributed by atoms with Crippen LogP contribution in [-0.4, -0.2) is 24.3 Å². The van der Waals surface area contributed by atoms with Crippen LogP contribution < -0.4 is 0 Å². The molecule has 0 spiro atoms. The zero-order valence-electron chi connectivity index (χ0n) is 18.9. The number of aliphatic hydroxyl groups is 1. The Kier molecular flexibility index (Phi) is 21.8. The second-order valence-corrected chi connectivity index (χ2v) is 8.18. The van der Waals surface area contributed by atoms with Crippen molar-refractivity contribution in [3.63, 3.8) is 0 Å². The zero-order chi connectivity index (χ0) is 20.7. The summed E-state index contributed by atoms with van der Waals surface area (Å²) < 4.78 is 4.51. The van der Waals surface area contributed by atoms with Crippen molar-refractivity contribution in [2.75, 3.05) is 7.11 Å². The molecule has 0 aromatic heterocycles. The maximum Gasteiger partial charge on any atom is 0.334 e. The summed E-state index contributed by atoms with van der Waals surface area (Å²) in [5, 5.41) is 9.48. The Hall–Kier alpha value is -0.830. The highest BCUT2D eigenvalue weighted by molar-refractivity contribution is 5.74. The van der Waals surface area contributed by atoms with Crippen molar-refractivity contribution in [1.82, 2.24) is 0 Å². The average Bonchev–Trinajstić information content (AvgIpc) is 2.71. The SMILES string of the molecule is CCCCCCCCCCCCCCC/C=C\CCCCCC(O)C(=O)OC. The molecule has 0 rings (SSSR count). The molecule has 3 nitrogen and oxygen atoms in total. The molecule has 0 aliphatic heterocycles. The van der Waals surface area contributed by atoms with Gasteiger partial charge in [0.1, 0.15) is 0 Å². The second kappa shape index (κ2) is 22.5. The van der Waals surface area contributed by atoms with Crippen LogP contribution in [0.5, 0.6) is 0 Å². The average molecular weight is 397 g/mol. The van der Waals surface area contributed by atoms with E-state index in [-0.39, 0.29) is 0 Å². The summed E-state index contributed by atoms with van der Waals surface area (Å²) in [5.41, 5.74) is 0. The summed E-state index contributed by atoms with van der Waals surface area (Å²) in [4.78, 5) is 11.1. The molecule has 0 bridgehead atoms. The Labute approximate surface area is 175 Å². The Morgan fingerprint density at radius 1 is 0.714 bits per heavy atom. The molecule has 0 saturated heterocycles. The molecule has 0 fully saturated rings. The van der Waals surface area contributed by atoms with Gasteiger partial charge in [0.25, 0.3) is 0 Å². The molecule has 0 aromatic rings. The molecule has 0 heterocycles. The monoisotopic (exact) mass is 396 g/mol. The van der Waals surface area contributed by atoms with Crippen molar-refractivity contribution in [3.05, 3.63) is 12.2 Å². The molecule has 1 N–H and O–H groups in total. The molecule has 1 unspecified atom stereocenters. The number of methoxy groups -OCH3 is 1. The lowest BCUT2D eigenvalue weighted by atomic mass is 10.0. The topological polar surface area (TPSA) is 46.5 Å². The van der Waals surface area contributed by atoms with Gasteiger partial charge in [0.15, 0.2) is 6.10 Å². The van der Waals surface area contributed by atoms with Crippen molar-refractivity contribution in [3.8, 4) is 0 Å². The van der Waals surface area contributed by atoms with E-state index in [0.29, 0.717) is 6.42 Å². The summed E-state index contributed by atoms with van der Waals surface area (Å²) >= 11 is 0. The van der Waals surface area contributed by atoms with Crippen LogP contribution in [0.25, 0.3) is 0 Å². The number of allylic oxidation sites excluding steroid dienone is 2. The van der Waals surface area contributed by atoms with E-state index in [0.717, 1.165) is 25.7 Å². The first-order valence-corrected chi connectivity index (χ1v) is 12.1. The third-order valence-electron chi connectivity index (χ3n) is 5.46. The highest BCUT2D eigenvalue weighted by atomic mass is 16.5. The minimum absolute atomic E-state index is 0.509. The standard InChI is InChI=1S/C25H48O3/c1-3-4-5-6-7-8-9-10-11-12-13-14-15-16-17-18-19-20-21-22-23-24(26)25(27)28-2/h17-18,24,26H,3-16,19-23H2,1-2H3/b18-17-. The normalized spacial score (nSPS) is 12.5. The van der Waals surface area contributed by atoms with Crippen molar-refractivity contribution in [2.24, 2.45) is 0 Å². The molecule has 0 amide bonds. The molecule has 28 heavy (non-hydrogen) atoms. The van der Waals surface area contributed by atoms with Crippen LogP contribution in [0.4, 0.5) is 0 Å². The highest BCUT2D eigenvalue weighted by Crippen LogP contribution is 2.13. The third-order valence-corrected chi connectivity index (χ3v) is 5.46. The lowest BCUT2D eigenvalue weighted by Crippen LogP contribution is -2.21. The number of carbonyl (C=O) groups excluding carboxylic acids is 1. The highest BCUT2D eigenvalue weighted by Gasteiger charge is 2.13. The summed E-state index contributed by atoms with van der Waals surface area (Å²) in [6.45, 7) is 2.28. The van der Waals surface area contributed by atoms with E-state index < -0.39 is 12.1 Å². The number of carbonyl (C=O) groups is 1. The number of aliphatic hydroxyl groups excluding tert-OH is 1. The number of esters is 1. The largest absolute Gasteiger partial charge is 0.467 e. The van der Waals surface area contributed by atoms with Crippen LogP contribution in [0.1, 0.15) is 129 Å².